The molecule has 0 aliphatic rings. The van der Waals surface area contributed by atoms with E-state index in [-0.39, 0.29) is 12.2 Å². The van der Waals surface area contributed by atoms with E-state index in [4.69, 9.17) is 0 Å². The van der Waals surface area contributed by atoms with E-state index in [1.807, 2.05) is 0 Å². The van der Waals surface area contributed by atoms with Crippen LogP contribution in [-0.4, -0.2) is 31.3 Å². The zero-order valence-corrected chi connectivity index (χ0v) is 10.9. The van der Waals surface area contributed by atoms with Gasteiger partial charge in [0.1, 0.15) is 0 Å². The molecule has 0 aliphatic heterocycles. The quantitative estimate of drug-likeness (QED) is 0.856. The number of tetrazole rings is 1. The van der Waals surface area contributed by atoms with Gasteiger partial charge in [-0.15, -0.1) is 5.10 Å². The number of nitrogens with zero attached hydrogens (tertiary/aromatic N) is 4. The van der Waals surface area contributed by atoms with Crippen molar-refractivity contribution in [2.24, 2.45) is 0 Å². The summed E-state index contributed by atoms with van der Waals surface area (Å²) in [6, 6.07) is 0.566. The fourth-order valence-corrected chi connectivity index (χ4v) is 1.90. The molecule has 0 amide bonds. The first-order chi connectivity index (χ1) is 9.97. The number of carboxylic acid groups (broad SMARTS) is 1. The van der Waals surface area contributed by atoms with Gasteiger partial charge in [0.05, 0.1) is 5.56 Å². The second kappa shape index (κ2) is 5.90. The van der Waals surface area contributed by atoms with Crippen molar-refractivity contribution in [2.45, 2.75) is 25.8 Å². The highest BCUT2D eigenvalue weighted by molar-refractivity contribution is 5.72. The molecule has 2 rings (SSSR count). The molecule has 2 aromatic rings. The lowest BCUT2D eigenvalue weighted by Crippen LogP contribution is -2.21. The highest BCUT2D eigenvalue weighted by Crippen LogP contribution is 2.26. The molecule has 6 nitrogen and oxygen atoms in total. The van der Waals surface area contributed by atoms with Gasteiger partial charge in [0.15, 0.2) is 29.3 Å². The van der Waals surface area contributed by atoms with Crippen molar-refractivity contribution in [1.82, 2.24) is 20.2 Å². The molecule has 0 fully saturated rings. The van der Waals surface area contributed by atoms with Crippen molar-refractivity contribution in [2.75, 3.05) is 0 Å². The Labute approximate surface area is 117 Å². The molecule has 0 bridgehead atoms. The monoisotopic (exact) mass is 300 g/mol. The highest BCUT2D eigenvalue weighted by atomic mass is 19.2. The Morgan fingerprint density at radius 2 is 2.05 bits per heavy atom. The van der Waals surface area contributed by atoms with Gasteiger partial charge in [-0.25, -0.2) is 22.6 Å². The van der Waals surface area contributed by atoms with Gasteiger partial charge in [0, 0.05) is 0 Å². The van der Waals surface area contributed by atoms with Gasteiger partial charge in [-0.2, -0.15) is 0 Å². The maximum Gasteiger partial charge on any atom is 0.328 e. The summed E-state index contributed by atoms with van der Waals surface area (Å²) in [6.07, 6.45) is 0.731. The minimum absolute atomic E-state index is 0.207. The molecule has 1 aromatic heterocycles. The number of halogens is 3. The number of aromatic nitrogens is 4. The molecule has 1 unspecified atom stereocenters. The van der Waals surface area contributed by atoms with Crippen LogP contribution in [0.3, 0.4) is 0 Å². The molecule has 1 aromatic carbocycles. The predicted molar refractivity (Wildman–Crippen MR) is 64.7 cm³/mol. The van der Waals surface area contributed by atoms with E-state index in [0.29, 0.717) is 6.42 Å². The third kappa shape index (κ3) is 2.71. The number of rotatable bonds is 5. The first-order valence-electron chi connectivity index (χ1n) is 6.11. The first-order valence-corrected chi connectivity index (χ1v) is 6.11. The van der Waals surface area contributed by atoms with Crippen LogP contribution in [-0.2, 0) is 4.79 Å². The third-order valence-electron chi connectivity index (χ3n) is 2.91. The van der Waals surface area contributed by atoms with Crippen molar-refractivity contribution in [3.05, 3.63) is 29.6 Å². The van der Waals surface area contributed by atoms with E-state index in [1.54, 1.807) is 6.92 Å². The minimum atomic E-state index is -1.66. The second-order valence-electron chi connectivity index (χ2n) is 4.31. The molecule has 0 saturated carbocycles. The number of aliphatic carboxylic acids is 1. The lowest BCUT2D eigenvalue weighted by Gasteiger charge is -2.13. The van der Waals surface area contributed by atoms with Crippen LogP contribution in [0.1, 0.15) is 25.8 Å². The lowest BCUT2D eigenvalue weighted by atomic mass is 10.1. The van der Waals surface area contributed by atoms with Crippen LogP contribution >= 0.6 is 0 Å². The minimum Gasteiger partial charge on any atom is -0.480 e. The molecule has 0 saturated heterocycles. The van der Waals surface area contributed by atoms with Crippen LogP contribution in [0.2, 0.25) is 0 Å². The second-order valence-corrected chi connectivity index (χ2v) is 4.31. The topological polar surface area (TPSA) is 80.9 Å². The van der Waals surface area contributed by atoms with E-state index in [1.165, 1.54) is 0 Å². The number of carboxylic acids is 1. The maximum absolute atomic E-state index is 13.8. The van der Waals surface area contributed by atoms with E-state index in [9.17, 15) is 23.1 Å². The average Bonchev–Trinajstić information content (AvgIpc) is 2.91. The average molecular weight is 300 g/mol. The number of hydrogen-bond donors (Lipinski definition) is 1. The van der Waals surface area contributed by atoms with Crippen LogP contribution in [0.4, 0.5) is 13.2 Å². The molecule has 1 heterocycles. The Morgan fingerprint density at radius 3 is 2.67 bits per heavy atom. The number of benzene rings is 1. The van der Waals surface area contributed by atoms with Crippen molar-refractivity contribution in [3.63, 3.8) is 0 Å². The summed E-state index contributed by atoms with van der Waals surface area (Å²) in [7, 11) is 0. The molecule has 1 N–H and O–H groups in total. The lowest BCUT2D eigenvalue weighted by molar-refractivity contribution is -0.141. The number of hydrogen-bond acceptors (Lipinski definition) is 4. The summed E-state index contributed by atoms with van der Waals surface area (Å²) in [5.74, 6) is -5.95. The van der Waals surface area contributed by atoms with Gasteiger partial charge in [-0.1, -0.05) is 13.3 Å². The highest BCUT2D eigenvalue weighted by Gasteiger charge is 2.26. The van der Waals surface area contributed by atoms with Crippen LogP contribution in [0.5, 0.6) is 0 Å². The number of carbonyl (C=O) groups is 1. The maximum atomic E-state index is 13.8. The predicted octanol–water partition coefficient (Wildman–Crippen LogP) is 2.18. The molecule has 1 atom stereocenters. The van der Waals surface area contributed by atoms with Crippen LogP contribution in [0.15, 0.2) is 12.1 Å². The summed E-state index contributed by atoms with van der Waals surface area (Å²) < 4.78 is 40.9. The van der Waals surface area contributed by atoms with Crippen LogP contribution < -0.4 is 0 Å². The Hall–Kier alpha value is -2.45. The Bertz CT molecular complexity index is 675. The van der Waals surface area contributed by atoms with Crippen LogP contribution in [0, 0.1) is 17.5 Å². The Morgan fingerprint density at radius 1 is 1.33 bits per heavy atom. The summed E-state index contributed by atoms with van der Waals surface area (Å²) in [4.78, 5) is 11.2. The van der Waals surface area contributed by atoms with Gasteiger partial charge in [-0.05, 0) is 29.0 Å². The molecule has 0 spiro atoms. The van der Waals surface area contributed by atoms with E-state index >= 15 is 0 Å². The Kier molecular flexibility index (Phi) is 4.20. The van der Waals surface area contributed by atoms with Crippen molar-refractivity contribution < 1.29 is 23.1 Å². The van der Waals surface area contributed by atoms with Gasteiger partial charge in [-0.3, -0.25) is 0 Å². The smallest absolute Gasteiger partial charge is 0.328 e. The van der Waals surface area contributed by atoms with Gasteiger partial charge < -0.3 is 5.11 Å². The van der Waals surface area contributed by atoms with Crippen LogP contribution in [0.25, 0.3) is 11.4 Å². The Balaban J connectivity index is 2.55. The summed E-state index contributed by atoms with van der Waals surface area (Å²) in [5.41, 5.74) is -0.402. The first kappa shape index (κ1) is 14.9. The standard InChI is InChI=1S/C12H11F3N4O2/c1-2-3-8(12(20)21)19-11(16-17-18-19)6-4-5-7(13)10(15)9(6)14/h4-5,8H,2-3H2,1H3,(H,20,21). The molecular formula is C12H11F3N4O2. The molecule has 21 heavy (non-hydrogen) atoms. The fraction of sp³-hybridized carbons (Fsp3) is 0.333. The normalized spacial score (nSPS) is 12.4. The van der Waals surface area contributed by atoms with Crippen molar-refractivity contribution in [1.29, 1.82) is 0 Å². The van der Waals surface area contributed by atoms with E-state index in [0.717, 1.165) is 16.8 Å². The largest absolute Gasteiger partial charge is 0.480 e. The summed E-state index contributed by atoms with van der Waals surface area (Å²) >= 11 is 0. The molecule has 0 radical (unpaired) electrons. The fourth-order valence-electron chi connectivity index (χ4n) is 1.90. The van der Waals surface area contributed by atoms with E-state index in [2.05, 4.69) is 15.5 Å². The SMILES string of the molecule is CCCC(C(=O)O)n1nnnc1-c1ccc(F)c(F)c1F. The van der Waals surface area contributed by atoms with Crippen molar-refractivity contribution >= 4 is 5.97 Å². The summed E-state index contributed by atoms with van der Waals surface area (Å²) in [6.45, 7) is 1.76. The molecule has 0 aliphatic carbocycles. The zero-order chi connectivity index (χ0) is 15.6. The third-order valence-corrected chi connectivity index (χ3v) is 2.91. The van der Waals surface area contributed by atoms with Gasteiger partial charge in [0.2, 0.25) is 0 Å². The molecule has 9 heteroatoms. The van der Waals surface area contributed by atoms with Gasteiger partial charge in [0.25, 0.3) is 0 Å². The molecule has 112 valence electrons. The van der Waals surface area contributed by atoms with Crippen molar-refractivity contribution in [3.8, 4) is 11.4 Å². The summed E-state index contributed by atoms with van der Waals surface area (Å²) in [5, 5.41) is 19.5. The zero-order valence-electron chi connectivity index (χ0n) is 10.9. The van der Waals surface area contributed by atoms with Gasteiger partial charge >= 0.3 is 5.97 Å². The molecular weight excluding hydrogens is 289 g/mol. The van der Waals surface area contributed by atoms with E-state index < -0.39 is 35.0 Å².